The Bertz CT molecular complexity index is 919. The number of hydrogen-bond acceptors (Lipinski definition) is 5. The lowest BCUT2D eigenvalue weighted by molar-refractivity contribution is 0.0475. The fourth-order valence-electron chi connectivity index (χ4n) is 2.33. The number of nitrogens with zero attached hydrogens (tertiary/aromatic N) is 2. The Hall–Kier alpha value is -2.99. The van der Waals surface area contributed by atoms with Gasteiger partial charge >= 0.3 is 5.97 Å². The predicted octanol–water partition coefficient (Wildman–Crippen LogP) is 3.88. The normalized spacial score (nSPS) is 10.5. The summed E-state index contributed by atoms with van der Waals surface area (Å²) in [4.78, 5) is 20.0. The molecule has 0 saturated heterocycles. The summed E-state index contributed by atoms with van der Waals surface area (Å²) in [6, 6.07) is 13.8. The first kappa shape index (κ1) is 16.9. The fraction of sp³-hybridized carbons (Fsp3) is 0.0556. The van der Waals surface area contributed by atoms with Crippen LogP contribution in [0.4, 0.5) is 10.1 Å². The lowest BCUT2D eigenvalue weighted by Crippen LogP contribution is -2.11. The highest BCUT2D eigenvalue weighted by atomic mass is 35.5. The number of nitrogen functional groups attached to an aromatic ring is 1. The maximum atomic E-state index is 14.1. The van der Waals surface area contributed by atoms with Gasteiger partial charge < -0.3 is 10.5 Å². The van der Waals surface area contributed by atoms with Crippen LogP contribution < -0.4 is 5.73 Å². The minimum absolute atomic E-state index is 0.0343. The molecular weight excluding hydrogens is 345 g/mol. The molecule has 3 rings (SSSR count). The number of halogens is 2. The van der Waals surface area contributed by atoms with Crippen molar-refractivity contribution in [3.05, 3.63) is 77.0 Å². The van der Waals surface area contributed by atoms with E-state index in [-0.39, 0.29) is 34.4 Å². The predicted molar refractivity (Wildman–Crippen MR) is 92.4 cm³/mol. The summed E-state index contributed by atoms with van der Waals surface area (Å²) in [5.41, 5.74) is 7.01. The van der Waals surface area contributed by atoms with E-state index in [0.717, 1.165) is 11.8 Å². The fourth-order valence-corrected chi connectivity index (χ4v) is 2.46. The van der Waals surface area contributed by atoms with Gasteiger partial charge in [0, 0.05) is 11.3 Å². The van der Waals surface area contributed by atoms with Gasteiger partial charge in [0.25, 0.3) is 0 Å². The standard InChI is InChI=1S/C18H13ClFN3O2/c19-18-22-9-13(20)16(23-18)12-7-4-8-14(21)15(12)17(24)25-10-11-5-2-1-3-6-11/h1-9H,10,21H2. The van der Waals surface area contributed by atoms with E-state index in [0.29, 0.717) is 0 Å². The van der Waals surface area contributed by atoms with Gasteiger partial charge in [0.15, 0.2) is 5.82 Å². The molecule has 1 aromatic heterocycles. The van der Waals surface area contributed by atoms with Crippen molar-refractivity contribution in [2.45, 2.75) is 6.61 Å². The van der Waals surface area contributed by atoms with Crippen LogP contribution in [0.15, 0.2) is 54.7 Å². The van der Waals surface area contributed by atoms with Gasteiger partial charge in [-0.05, 0) is 23.2 Å². The summed E-state index contributed by atoms with van der Waals surface area (Å²) in [5, 5.41) is -0.137. The molecule has 0 fully saturated rings. The second-order valence-corrected chi connectivity index (χ2v) is 5.51. The van der Waals surface area contributed by atoms with Gasteiger partial charge in [-0.25, -0.2) is 19.2 Å². The quantitative estimate of drug-likeness (QED) is 0.435. The Labute approximate surface area is 148 Å². The topological polar surface area (TPSA) is 78.1 Å². The Morgan fingerprint density at radius 3 is 2.68 bits per heavy atom. The third-order valence-electron chi connectivity index (χ3n) is 3.48. The number of aromatic nitrogens is 2. The van der Waals surface area contributed by atoms with Gasteiger partial charge in [-0.15, -0.1) is 0 Å². The molecule has 0 aliphatic rings. The molecule has 2 N–H and O–H groups in total. The van der Waals surface area contributed by atoms with Gasteiger partial charge in [-0.2, -0.15) is 0 Å². The SMILES string of the molecule is Nc1cccc(-c2nc(Cl)ncc2F)c1C(=O)OCc1ccccc1. The molecule has 0 spiro atoms. The third-order valence-corrected chi connectivity index (χ3v) is 3.67. The molecule has 0 amide bonds. The zero-order valence-corrected chi connectivity index (χ0v) is 13.7. The van der Waals surface area contributed by atoms with Gasteiger partial charge in [-0.1, -0.05) is 42.5 Å². The van der Waals surface area contributed by atoms with Crippen LogP contribution in [0.25, 0.3) is 11.3 Å². The van der Waals surface area contributed by atoms with Crippen molar-refractivity contribution in [1.82, 2.24) is 9.97 Å². The Morgan fingerprint density at radius 1 is 1.16 bits per heavy atom. The van der Waals surface area contributed by atoms with E-state index in [4.69, 9.17) is 22.1 Å². The number of rotatable bonds is 4. The van der Waals surface area contributed by atoms with E-state index < -0.39 is 11.8 Å². The average molecular weight is 358 g/mol. The molecule has 2 aromatic carbocycles. The van der Waals surface area contributed by atoms with Crippen LogP contribution in [-0.2, 0) is 11.3 Å². The number of carbonyl (C=O) groups excluding carboxylic acids is 1. The Kier molecular flexibility index (Phi) is 4.90. The molecule has 0 atom stereocenters. The summed E-state index contributed by atoms with van der Waals surface area (Å²) >= 11 is 5.74. The number of ether oxygens (including phenoxy) is 1. The molecule has 3 aromatic rings. The Balaban J connectivity index is 1.96. The number of esters is 1. The first-order valence-electron chi connectivity index (χ1n) is 7.34. The van der Waals surface area contributed by atoms with E-state index in [1.807, 2.05) is 30.3 Å². The minimum atomic E-state index is -0.716. The molecule has 0 radical (unpaired) electrons. The van der Waals surface area contributed by atoms with Gasteiger partial charge in [0.1, 0.15) is 12.3 Å². The minimum Gasteiger partial charge on any atom is -0.457 e. The van der Waals surface area contributed by atoms with Crippen molar-refractivity contribution in [1.29, 1.82) is 0 Å². The maximum absolute atomic E-state index is 14.1. The molecule has 1 heterocycles. The van der Waals surface area contributed by atoms with Gasteiger partial charge in [0.2, 0.25) is 5.28 Å². The van der Waals surface area contributed by atoms with Crippen molar-refractivity contribution in [2.75, 3.05) is 5.73 Å². The monoisotopic (exact) mass is 357 g/mol. The lowest BCUT2D eigenvalue weighted by atomic mass is 10.0. The number of benzene rings is 2. The van der Waals surface area contributed by atoms with Crippen molar-refractivity contribution in [3.8, 4) is 11.3 Å². The van der Waals surface area contributed by atoms with Crippen LogP contribution in [-0.4, -0.2) is 15.9 Å². The van der Waals surface area contributed by atoms with Crippen LogP contribution in [0.2, 0.25) is 5.28 Å². The Morgan fingerprint density at radius 2 is 1.92 bits per heavy atom. The summed E-state index contributed by atoms with van der Waals surface area (Å²) in [5.74, 6) is -1.39. The van der Waals surface area contributed by atoms with Crippen LogP contribution in [0.3, 0.4) is 0 Å². The molecule has 0 bridgehead atoms. The summed E-state index contributed by atoms with van der Waals surface area (Å²) in [6.07, 6.45) is 0.937. The lowest BCUT2D eigenvalue weighted by Gasteiger charge is -2.12. The van der Waals surface area contributed by atoms with Crippen molar-refractivity contribution < 1.29 is 13.9 Å². The molecular formula is C18H13ClFN3O2. The molecule has 25 heavy (non-hydrogen) atoms. The van der Waals surface area contributed by atoms with Crippen molar-refractivity contribution in [3.63, 3.8) is 0 Å². The largest absolute Gasteiger partial charge is 0.457 e. The molecule has 0 aliphatic carbocycles. The van der Waals surface area contributed by atoms with E-state index in [9.17, 15) is 9.18 Å². The van der Waals surface area contributed by atoms with E-state index in [2.05, 4.69) is 9.97 Å². The van der Waals surface area contributed by atoms with Crippen LogP contribution >= 0.6 is 11.6 Å². The molecule has 7 heteroatoms. The van der Waals surface area contributed by atoms with Crippen LogP contribution in [0.1, 0.15) is 15.9 Å². The second-order valence-electron chi connectivity index (χ2n) is 5.17. The second kappa shape index (κ2) is 7.27. The maximum Gasteiger partial charge on any atom is 0.341 e. The number of nitrogens with two attached hydrogens (primary N) is 1. The van der Waals surface area contributed by atoms with E-state index in [1.165, 1.54) is 12.1 Å². The van der Waals surface area contributed by atoms with E-state index >= 15 is 0 Å². The molecule has 126 valence electrons. The molecule has 5 nitrogen and oxygen atoms in total. The number of hydrogen-bond donors (Lipinski definition) is 1. The smallest absolute Gasteiger partial charge is 0.341 e. The summed E-state index contributed by atoms with van der Waals surface area (Å²) < 4.78 is 19.4. The first-order valence-corrected chi connectivity index (χ1v) is 7.72. The highest BCUT2D eigenvalue weighted by Gasteiger charge is 2.21. The highest BCUT2D eigenvalue weighted by molar-refractivity contribution is 6.28. The summed E-state index contributed by atoms with van der Waals surface area (Å²) in [6.45, 7) is 0.0699. The van der Waals surface area contributed by atoms with Gasteiger partial charge in [0.05, 0.1) is 11.8 Å². The average Bonchev–Trinajstić information content (AvgIpc) is 2.62. The number of anilines is 1. The van der Waals surface area contributed by atoms with Crippen molar-refractivity contribution >= 4 is 23.3 Å². The molecule has 0 unspecified atom stereocenters. The third kappa shape index (κ3) is 3.75. The van der Waals surface area contributed by atoms with Crippen LogP contribution in [0.5, 0.6) is 0 Å². The highest BCUT2D eigenvalue weighted by Crippen LogP contribution is 2.29. The number of carbonyl (C=O) groups is 1. The van der Waals surface area contributed by atoms with Crippen molar-refractivity contribution in [2.24, 2.45) is 0 Å². The molecule has 0 aliphatic heterocycles. The zero-order chi connectivity index (χ0) is 17.8. The van der Waals surface area contributed by atoms with E-state index in [1.54, 1.807) is 6.07 Å². The van der Waals surface area contributed by atoms with Crippen LogP contribution in [0, 0.1) is 5.82 Å². The summed E-state index contributed by atoms with van der Waals surface area (Å²) in [7, 11) is 0. The zero-order valence-electron chi connectivity index (χ0n) is 12.9. The molecule has 0 saturated carbocycles. The first-order chi connectivity index (χ1) is 12.1. The van der Waals surface area contributed by atoms with Gasteiger partial charge in [-0.3, -0.25) is 0 Å².